The molecule has 0 fully saturated rings. The maximum absolute atomic E-state index is 12.6. The van der Waals surface area contributed by atoms with Crippen molar-refractivity contribution in [1.29, 1.82) is 0 Å². The van der Waals surface area contributed by atoms with Gasteiger partial charge in [-0.2, -0.15) is 0 Å². The van der Waals surface area contributed by atoms with Crippen LogP contribution in [0.4, 0.5) is 5.69 Å². The first-order chi connectivity index (χ1) is 16.2. The molecule has 2 rings (SSSR count). The van der Waals surface area contributed by atoms with E-state index in [0.29, 0.717) is 34.5 Å². The second-order valence-corrected chi connectivity index (χ2v) is 8.89. The molecule has 0 radical (unpaired) electrons. The van der Waals surface area contributed by atoms with Gasteiger partial charge in [-0.15, -0.1) is 0 Å². The standard InChI is InChI=1S/C23H27BrN4O5S/c1-14(2)12-20(29)25-17-7-4-15(5-8-17)21(30)27-28-23(34)26-22(31)18-13-16(24)6-9-19(18)33-11-10-32-3/h4-9,13-14H,10-12H2,1-3H3,(H,25,29)(H,27,30)(H2,26,28,31,34). The molecule has 0 saturated carbocycles. The molecule has 2 aromatic rings. The Morgan fingerprint density at radius 1 is 1.00 bits per heavy atom. The average Bonchev–Trinajstić information content (AvgIpc) is 2.78. The number of carbonyl (C=O) groups excluding carboxylic acids is 3. The smallest absolute Gasteiger partial charge is 0.269 e. The van der Waals surface area contributed by atoms with E-state index < -0.39 is 11.8 Å². The van der Waals surface area contributed by atoms with Gasteiger partial charge in [-0.05, 0) is 60.6 Å². The normalized spacial score (nSPS) is 10.4. The molecule has 0 atom stereocenters. The number of halogens is 1. The van der Waals surface area contributed by atoms with Crippen LogP contribution in [0.5, 0.6) is 5.75 Å². The number of rotatable bonds is 9. The molecule has 0 aliphatic rings. The van der Waals surface area contributed by atoms with Gasteiger partial charge in [0.05, 0.1) is 12.2 Å². The number of ether oxygens (including phenoxy) is 2. The maximum Gasteiger partial charge on any atom is 0.269 e. The van der Waals surface area contributed by atoms with Gasteiger partial charge in [-0.25, -0.2) is 0 Å². The third-order valence-electron chi connectivity index (χ3n) is 4.27. The van der Waals surface area contributed by atoms with Crippen molar-refractivity contribution in [3.8, 4) is 5.75 Å². The minimum atomic E-state index is -0.512. The Morgan fingerprint density at radius 2 is 1.71 bits per heavy atom. The fourth-order valence-corrected chi connectivity index (χ4v) is 3.22. The summed E-state index contributed by atoms with van der Waals surface area (Å²) in [6.45, 7) is 4.56. The fraction of sp³-hybridized carbons (Fsp3) is 0.304. The van der Waals surface area contributed by atoms with Gasteiger partial charge < -0.3 is 14.8 Å². The molecular weight excluding hydrogens is 524 g/mol. The summed E-state index contributed by atoms with van der Waals surface area (Å²) in [7, 11) is 1.55. The van der Waals surface area contributed by atoms with Gasteiger partial charge in [-0.1, -0.05) is 29.8 Å². The molecule has 9 nitrogen and oxygen atoms in total. The summed E-state index contributed by atoms with van der Waals surface area (Å²) < 4.78 is 11.2. The van der Waals surface area contributed by atoms with Crippen molar-refractivity contribution < 1.29 is 23.9 Å². The van der Waals surface area contributed by atoms with Crippen LogP contribution in [0, 0.1) is 5.92 Å². The number of hydrogen-bond acceptors (Lipinski definition) is 6. The highest BCUT2D eigenvalue weighted by Crippen LogP contribution is 2.23. The summed E-state index contributed by atoms with van der Waals surface area (Å²) in [6, 6.07) is 11.4. The topological polar surface area (TPSA) is 118 Å². The molecule has 11 heteroatoms. The Kier molecular flexibility index (Phi) is 10.9. The lowest BCUT2D eigenvalue weighted by molar-refractivity contribution is -0.116. The van der Waals surface area contributed by atoms with Gasteiger partial charge in [0.2, 0.25) is 5.91 Å². The minimum absolute atomic E-state index is 0.0901. The monoisotopic (exact) mass is 550 g/mol. The average molecular weight is 551 g/mol. The van der Waals surface area contributed by atoms with Crippen molar-refractivity contribution in [3.05, 3.63) is 58.1 Å². The third kappa shape index (κ3) is 9.08. The van der Waals surface area contributed by atoms with Gasteiger partial charge in [0.15, 0.2) is 5.11 Å². The van der Waals surface area contributed by atoms with Gasteiger partial charge in [0.1, 0.15) is 12.4 Å². The Morgan fingerprint density at radius 3 is 2.35 bits per heavy atom. The molecule has 0 spiro atoms. The van der Waals surface area contributed by atoms with Crippen LogP contribution in [0.2, 0.25) is 0 Å². The second kappa shape index (κ2) is 13.6. The van der Waals surface area contributed by atoms with E-state index >= 15 is 0 Å². The summed E-state index contributed by atoms with van der Waals surface area (Å²) in [5.41, 5.74) is 6.11. The summed E-state index contributed by atoms with van der Waals surface area (Å²) in [6.07, 6.45) is 0.413. The van der Waals surface area contributed by atoms with Crippen LogP contribution < -0.4 is 26.2 Å². The van der Waals surface area contributed by atoms with Gasteiger partial charge in [-0.3, -0.25) is 30.6 Å². The van der Waals surface area contributed by atoms with E-state index in [1.807, 2.05) is 13.8 Å². The van der Waals surface area contributed by atoms with Gasteiger partial charge in [0, 0.05) is 29.3 Å². The first-order valence-corrected chi connectivity index (χ1v) is 11.6. The second-order valence-electron chi connectivity index (χ2n) is 7.57. The van der Waals surface area contributed by atoms with Crippen LogP contribution >= 0.6 is 28.1 Å². The molecule has 0 heterocycles. The van der Waals surface area contributed by atoms with E-state index in [2.05, 4.69) is 37.4 Å². The van der Waals surface area contributed by atoms with Crippen molar-refractivity contribution in [2.45, 2.75) is 20.3 Å². The molecule has 0 bridgehead atoms. The number of thiocarbonyl (C=S) groups is 1. The molecule has 2 aromatic carbocycles. The number of methoxy groups -OCH3 is 1. The first kappa shape index (κ1) is 27.2. The lowest BCUT2D eigenvalue weighted by Gasteiger charge is -2.14. The first-order valence-electron chi connectivity index (χ1n) is 10.4. The highest BCUT2D eigenvalue weighted by Gasteiger charge is 2.15. The van der Waals surface area contributed by atoms with Gasteiger partial charge >= 0.3 is 0 Å². The Balaban J connectivity index is 1.89. The number of hydrazine groups is 1. The molecule has 0 aliphatic heterocycles. The molecule has 3 amide bonds. The third-order valence-corrected chi connectivity index (χ3v) is 4.97. The maximum atomic E-state index is 12.6. The zero-order valence-corrected chi connectivity index (χ0v) is 21.5. The highest BCUT2D eigenvalue weighted by molar-refractivity contribution is 9.10. The van der Waals surface area contributed by atoms with Crippen LogP contribution in [0.25, 0.3) is 0 Å². The number of nitrogens with one attached hydrogen (secondary N) is 4. The summed E-state index contributed by atoms with van der Waals surface area (Å²) >= 11 is 8.43. The molecule has 0 unspecified atom stereocenters. The van der Waals surface area contributed by atoms with Crippen molar-refractivity contribution in [3.63, 3.8) is 0 Å². The number of benzene rings is 2. The Bertz CT molecular complexity index is 1030. The minimum Gasteiger partial charge on any atom is -0.490 e. The van der Waals surface area contributed by atoms with Crippen LogP contribution in [0.3, 0.4) is 0 Å². The van der Waals surface area contributed by atoms with E-state index in [0.717, 1.165) is 0 Å². The van der Waals surface area contributed by atoms with Crippen molar-refractivity contribution in [1.82, 2.24) is 16.2 Å². The van der Waals surface area contributed by atoms with Crippen molar-refractivity contribution >= 4 is 56.7 Å². The Labute approximate surface area is 212 Å². The van der Waals surface area contributed by atoms with Crippen LogP contribution in [-0.2, 0) is 9.53 Å². The van der Waals surface area contributed by atoms with Gasteiger partial charge in [0.25, 0.3) is 11.8 Å². The number of carbonyl (C=O) groups is 3. The summed E-state index contributed by atoms with van der Waals surface area (Å²) in [5, 5.41) is 5.17. The SMILES string of the molecule is COCCOc1ccc(Br)cc1C(=O)NC(=S)NNC(=O)c1ccc(NC(=O)CC(C)C)cc1. The van der Waals surface area contributed by atoms with Crippen molar-refractivity contribution in [2.24, 2.45) is 5.92 Å². The predicted molar refractivity (Wildman–Crippen MR) is 137 cm³/mol. The molecule has 34 heavy (non-hydrogen) atoms. The molecule has 0 saturated heterocycles. The molecule has 0 aromatic heterocycles. The van der Waals surface area contributed by atoms with Crippen LogP contribution in [-0.4, -0.2) is 43.2 Å². The zero-order chi connectivity index (χ0) is 25.1. The fourth-order valence-electron chi connectivity index (χ4n) is 2.72. The Hall–Kier alpha value is -3.02. The summed E-state index contributed by atoms with van der Waals surface area (Å²) in [5.74, 6) is -0.457. The van der Waals surface area contributed by atoms with Crippen LogP contribution in [0.1, 0.15) is 41.0 Å². The molecular formula is C23H27BrN4O5S. The van der Waals surface area contributed by atoms with E-state index in [1.165, 1.54) is 0 Å². The predicted octanol–water partition coefficient (Wildman–Crippen LogP) is 3.41. The zero-order valence-electron chi connectivity index (χ0n) is 19.1. The number of hydrogen-bond donors (Lipinski definition) is 4. The quantitative estimate of drug-likeness (QED) is 0.214. The van der Waals surface area contributed by atoms with E-state index in [-0.39, 0.29) is 29.1 Å². The molecule has 0 aliphatic carbocycles. The lowest BCUT2D eigenvalue weighted by atomic mass is 10.1. The number of amides is 3. The van der Waals surface area contributed by atoms with Crippen molar-refractivity contribution in [2.75, 3.05) is 25.6 Å². The lowest BCUT2D eigenvalue weighted by Crippen LogP contribution is -2.48. The van der Waals surface area contributed by atoms with E-state index in [1.54, 1.807) is 49.6 Å². The van der Waals surface area contributed by atoms with Crippen LogP contribution in [0.15, 0.2) is 46.9 Å². The van der Waals surface area contributed by atoms with E-state index in [9.17, 15) is 14.4 Å². The largest absolute Gasteiger partial charge is 0.490 e. The molecule has 4 N–H and O–H groups in total. The van der Waals surface area contributed by atoms with E-state index in [4.69, 9.17) is 21.7 Å². The molecule has 182 valence electrons. The highest BCUT2D eigenvalue weighted by atomic mass is 79.9. The summed E-state index contributed by atoms with van der Waals surface area (Å²) in [4.78, 5) is 36.9. The number of anilines is 1.